The minimum absolute atomic E-state index is 0.417. The van der Waals surface area contributed by atoms with Crippen LogP contribution in [0.2, 0.25) is 5.02 Å². The molecule has 2 unspecified atom stereocenters. The molecule has 2 rings (SSSR count). The number of hydrogen-bond donors (Lipinski definition) is 1. The Balaban J connectivity index is 1.90. The van der Waals surface area contributed by atoms with Crippen molar-refractivity contribution in [3.63, 3.8) is 0 Å². The highest BCUT2D eigenvalue weighted by Crippen LogP contribution is 2.25. The predicted octanol–water partition coefficient (Wildman–Crippen LogP) is 4.96. The van der Waals surface area contributed by atoms with Gasteiger partial charge in [0.2, 0.25) is 0 Å². The molecule has 0 aromatic heterocycles. The van der Waals surface area contributed by atoms with Gasteiger partial charge in [-0.1, -0.05) is 43.5 Å². The van der Waals surface area contributed by atoms with E-state index in [9.17, 15) is 0 Å². The molecule has 0 radical (unpaired) electrons. The number of hydrogen-bond acceptors (Lipinski definition) is 1. The maximum absolute atomic E-state index is 5.93. The van der Waals surface area contributed by atoms with E-state index in [1.54, 1.807) is 0 Å². The van der Waals surface area contributed by atoms with Gasteiger partial charge < -0.3 is 5.32 Å². The van der Waals surface area contributed by atoms with Gasteiger partial charge in [-0.15, -0.1) is 0 Å². The molecule has 0 spiro atoms. The van der Waals surface area contributed by atoms with Crippen molar-refractivity contribution in [2.75, 3.05) is 0 Å². The minimum Gasteiger partial charge on any atom is -0.307 e. The van der Waals surface area contributed by atoms with E-state index in [0.29, 0.717) is 12.1 Å². The normalized spacial score (nSPS) is 26.6. The maximum Gasteiger partial charge on any atom is 0.0406 e. The van der Waals surface area contributed by atoms with E-state index in [0.717, 1.165) is 10.9 Å². The summed E-state index contributed by atoms with van der Waals surface area (Å²) in [6.45, 7) is 4.63. The van der Waals surface area contributed by atoms with E-state index in [2.05, 4.69) is 31.3 Å². The standard InChI is InChI=1S/C16H24ClN/c1-12-4-3-5-16(11-6-12)18-13(2)14-7-9-15(17)10-8-14/h7-10,12-13,16,18H,3-6,11H2,1-2H3/t12?,13-,16?/m0/s1. The Bertz CT molecular complexity index is 360. The van der Waals surface area contributed by atoms with Gasteiger partial charge in [-0.3, -0.25) is 0 Å². The predicted molar refractivity (Wildman–Crippen MR) is 79.0 cm³/mol. The molecule has 18 heavy (non-hydrogen) atoms. The summed E-state index contributed by atoms with van der Waals surface area (Å²) in [5.41, 5.74) is 1.33. The van der Waals surface area contributed by atoms with Crippen LogP contribution in [0.25, 0.3) is 0 Å². The first-order valence-corrected chi connectivity index (χ1v) is 7.54. The van der Waals surface area contributed by atoms with E-state index in [1.807, 2.05) is 12.1 Å². The van der Waals surface area contributed by atoms with Gasteiger partial charge in [-0.2, -0.15) is 0 Å². The maximum atomic E-state index is 5.93. The Kier molecular flexibility index (Phi) is 5.08. The van der Waals surface area contributed by atoms with Crippen LogP contribution in [-0.4, -0.2) is 6.04 Å². The van der Waals surface area contributed by atoms with E-state index >= 15 is 0 Å². The molecule has 0 heterocycles. The summed E-state index contributed by atoms with van der Waals surface area (Å²) in [5, 5.41) is 4.59. The molecular formula is C16H24ClN. The topological polar surface area (TPSA) is 12.0 Å². The van der Waals surface area contributed by atoms with Crippen LogP contribution in [0, 0.1) is 5.92 Å². The Morgan fingerprint density at radius 2 is 1.83 bits per heavy atom. The van der Waals surface area contributed by atoms with Crippen LogP contribution in [-0.2, 0) is 0 Å². The number of rotatable bonds is 3. The molecule has 1 fully saturated rings. The summed E-state index contributed by atoms with van der Waals surface area (Å²) in [6, 6.07) is 9.30. The van der Waals surface area contributed by atoms with Crippen LogP contribution in [0.4, 0.5) is 0 Å². The summed E-state index contributed by atoms with van der Waals surface area (Å²) in [5.74, 6) is 0.905. The molecule has 1 aromatic carbocycles. The summed E-state index contributed by atoms with van der Waals surface area (Å²) >= 11 is 5.93. The summed E-state index contributed by atoms with van der Waals surface area (Å²) in [4.78, 5) is 0. The monoisotopic (exact) mass is 265 g/mol. The lowest BCUT2D eigenvalue weighted by molar-refractivity contribution is 0.408. The lowest BCUT2D eigenvalue weighted by atomic mass is 10.0. The zero-order chi connectivity index (χ0) is 13.0. The molecule has 3 atom stereocenters. The molecule has 1 aromatic rings. The van der Waals surface area contributed by atoms with Gasteiger partial charge in [0.25, 0.3) is 0 Å². The molecule has 0 bridgehead atoms. The molecule has 1 aliphatic carbocycles. The lowest BCUT2D eigenvalue weighted by Gasteiger charge is -2.22. The first-order chi connectivity index (χ1) is 8.65. The smallest absolute Gasteiger partial charge is 0.0406 e. The Labute approximate surface area is 116 Å². The molecule has 0 aliphatic heterocycles. The second-order valence-corrected chi connectivity index (χ2v) is 6.19. The van der Waals surface area contributed by atoms with Gasteiger partial charge in [-0.05, 0) is 49.8 Å². The molecule has 2 heteroatoms. The third-order valence-corrected chi connectivity index (χ3v) is 4.37. The zero-order valence-electron chi connectivity index (χ0n) is 11.5. The van der Waals surface area contributed by atoms with Crippen LogP contribution >= 0.6 is 11.6 Å². The van der Waals surface area contributed by atoms with E-state index < -0.39 is 0 Å². The quantitative estimate of drug-likeness (QED) is 0.762. The third kappa shape index (κ3) is 4.00. The van der Waals surface area contributed by atoms with Gasteiger partial charge in [0, 0.05) is 17.1 Å². The minimum atomic E-state index is 0.417. The molecule has 1 aliphatic rings. The second kappa shape index (κ2) is 6.58. The summed E-state index contributed by atoms with van der Waals surface area (Å²) in [7, 11) is 0. The van der Waals surface area contributed by atoms with Gasteiger partial charge >= 0.3 is 0 Å². The van der Waals surface area contributed by atoms with Gasteiger partial charge in [-0.25, -0.2) is 0 Å². The van der Waals surface area contributed by atoms with Gasteiger partial charge in [0.05, 0.1) is 0 Å². The highest BCUT2D eigenvalue weighted by atomic mass is 35.5. The molecule has 1 N–H and O–H groups in total. The number of benzene rings is 1. The Morgan fingerprint density at radius 1 is 1.11 bits per heavy atom. The largest absolute Gasteiger partial charge is 0.307 e. The van der Waals surface area contributed by atoms with Crippen molar-refractivity contribution < 1.29 is 0 Å². The third-order valence-electron chi connectivity index (χ3n) is 4.11. The number of nitrogens with one attached hydrogen (secondary N) is 1. The van der Waals surface area contributed by atoms with Crippen molar-refractivity contribution in [1.82, 2.24) is 5.32 Å². The fourth-order valence-corrected chi connectivity index (χ4v) is 2.98. The van der Waals surface area contributed by atoms with E-state index in [4.69, 9.17) is 11.6 Å². The van der Waals surface area contributed by atoms with Crippen molar-refractivity contribution in [3.05, 3.63) is 34.9 Å². The van der Waals surface area contributed by atoms with Gasteiger partial charge in [0.1, 0.15) is 0 Å². The van der Waals surface area contributed by atoms with Gasteiger partial charge in [0.15, 0.2) is 0 Å². The van der Waals surface area contributed by atoms with Crippen LogP contribution in [0.3, 0.4) is 0 Å². The lowest BCUT2D eigenvalue weighted by Crippen LogP contribution is -2.31. The molecule has 1 saturated carbocycles. The fraction of sp³-hybridized carbons (Fsp3) is 0.625. The first kappa shape index (κ1) is 13.9. The highest BCUT2D eigenvalue weighted by molar-refractivity contribution is 6.30. The molecule has 0 saturated heterocycles. The average molecular weight is 266 g/mol. The number of halogens is 1. The molecule has 0 amide bonds. The second-order valence-electron chi connectivity index (χ2n) is 5.75. The Morgan fingerprint density at radius 3 is 2.56 bits per heavy atom. The fourth-order valence-electron chi connectivity index (χ4n) is 2.85. The molecule has 100 valence electrons. The van der Waals surface area contributed by atoms with Crippen molar-refractivity contribution in [1.29, 1.82) is 0 Å². The van der Waals surface area contributed by atoms with Crippen LogP contribution in [0.1, 0.15) is 57.6 Å². The van der Waals surface area contributed by atoms with Crippen molar-refractivity contribution in [2.24, 2.45) is 5.92 Å². The highest BCUT2D eigenvalue weighted by Gasteiger charge is 2.18. The average Bonchev–Trinajstić information content (AvgIpc) is 2.55. The van der Waals surface area contributed by atoms with Crippen molar-refractivity contribution in [3.8, 4) is 0 Å². The summed E-state index contributed by atoms with van der Waals surface area (Å²) in [6.07, 6.45) is 6.77. The molecular weight excluding hydrogens is 242 g/mol. The van der Waals surface area contributed by atoms with Crippen LogP contribution in [0.5, 0.6) is 0 Å². The van der Waals surface area contributed by atoms with E-state index in [1.165, 1.54) is 37.7 Å². The van der Waals surface area contributed by atoms with E-state index in [-0.39, 0.29) is 0 Å². The van der Waals surface area contributed by atoms with Crippen LogP contribution in [0.15, 0.2) is 24.3 Å². The van der Waals surface area contributed by atoms with Crippen molar-refractivity contribution >= 4 is 11.6 Å². The molecule has 1 nitrogen and oxygen atoms in total. The SMILES string of the molecule is CC1CCCC(N[C@@H](C)c2ccc(Cl)cc2)CC1. The zero-order valence-corrected chi connectivity index (χ0v) is 12.2. The van der Waals surface area contributed by atoms with Crippen molar-refractivity contribution in [2.45, 2.75) is 58.0 Å². The van der Waals surface area contributed by atoms with Crippen LogP contribution < -0.4 is 5.32 Å². The Hall–Kier alpha value is -0.530. The summed E-state index contributed by atoms with van der Waals surface area (Å²) < 4.78 is 0. The first-order valence-electron chi connectivity index (χ1n) is 7.16.